The minimum absolute atomic E-state index is 0.224. The van der Waals surface area contributed by atoms with Crippen LogP contribution in [0, 0.1) is 0 Å². The number of carbonyl (C=O) groups is 1. The van der Waals surface area contributed by atoms with E-state index in [0.29, 0.717) is 17.9 Å². The summed E-state index contributed by atoms with van der Waals surface area (Å²) in [5.74, 6) is 0.0104. The van der Waals surface area contributed by atoms with Crippen molar-refractivity contribution in [2.24, 2.45) is 0 Å². The van der Waals surface area contributed by atoms with Gasteiger partial charge in [0.05, 0.1) is 7.11 Å². The van der Waals surface area contributed by atoms with E-state index in [2.05, 4.69) is 0 Å². The van der Waals surface area contributed by atoms with Crippen LogP contribution in [0.4, 0.5) is 0 Å². The van der Waals surface area contributed by atoms with Crippen molar-refractivity contribution in [3.63, 3.8) is 0 Å². The number of methoxy groups -OCH3 is 1. The van der Waals surface area contributed by atoms with Gasteiger partial charge in [-0.05, 0) is 41.2 Å². The molecular formula is C20H23ClO3. The van der Waals surface area contributed by atoms with E-state index in [4.69, 9.17) is 16.3 Å². The number of phenols is 1. The Bertz CT molecular complexity index is 745. The molecule has 0 aromatic heterocycles. The Hall–Kier alpha value is -2.00. The van der Waals surface area contributed by atoms with Gasteiger partial charge in [-0.1, -0.05) is 50.6 Å². The van der Waals surface area contributed by atoms with Crippen molar-refractivity contribution in [3.8, 4) is 16.9 Å². The number of phenolic OH excluding ortho intramolecular Hbond substituents is 1. The Morgan fingerprint density at radius 2 is 1.92 bits per heavy atom. The molecule has 0 aliphatic rings. The molecule has 0 radical (unpaired) electrons. The molecule has 1 N–H and O–H groups in total. The zero-order valence-corrected chi connectivity index (χ0v) is 15.3. The third kappa shape index (κ3) is 4.30. The maximum atomic E-state index is 11.4. The first-order valence-corrected chi connectivity index (χ1v) is 8.29. The Morgan fingerprint density at radius 1 is 1.21 bits per heavy atom. The predicted molar refractivity (Wildman–Crippen MR) is 97.6 cm³/mol. The van der Waals surface area contributed by atoms with Gasteiger partial charge in [0, 0.05) is 22.6 Å². The topological polar surface area (TPSA) is 46.5 Å². The number of hydrogen-bond donors (Lipinski definition) is 1. The van der Waals surface area contributed by atoms with Crippen LogP contribution in [-0.4, -0.2) is 18.2 Å². The Labute approximate surface area is 148 Å². The lowest BCUT2D eigenvalue weighted by molar-refractivity contribution is -0.140. The number of carbonyl (C=O) groups excluding carboxylic acids is 1. The van der Waals surface area contributed by atoms with Crippen molar-refractivity contribution in [1.29, 1.82) is 0 Å². The summed E-state index contributed by atoms with van der Waals surface area (Å²) in [6, 6.07) is 11.3. The zero-order chi connectivity index (χ0) is 17.9. The van der Waals surface area contributed by atoms with Crippen molar-refractivity contribution in [1.82, 2.24) is 0 Å². The molecule has 2 aromatic carbocycles. The molecule has 0 atom stereocenters. The van der Waals surface area contributed by atoms with Crippen LogP contribution >= 0.6 is 11.6 Å². The molecular weight excluding hydrogens is 324 g/mol. The molecule has 24 heavy (non-hydrogen) atoms. The van der Waals surface area contributed by atoms with Crippen LogP contribution in [0.15, 0.2) is 36.4 Å². The number of rotatable bonds is 4. The first-order valence-electron chi connectivity index (χ1n) is 7.91. The molecule has 0 fully saturated rings. The van der Waals surface area contributed by atoms with Gasteiger partial charge in [-0.15, -0.1) is 0 Å². The molecule has 0 unspecified atom stereocenters. The van der Waals surface area contributed by atoms with Crippen molar-refractivity contribution in [2.45, 2.75) is 39.0 Å². The average molecular weight is 347 g/mol. The zero-order valence-electron chi connectivity index (χ0n) is 14.5. The molecule has 0 aliphatic heterocycles. The minimum Gasteiger partial charge on any atom is -0.507 e. The van der Waals surface area contributed by atoms with Gasteiger partial charge in [-0.3, -0.25) is 4.79 Å². The van der Waals surface area contributed by atoms with Gasteiger partial charge in [-0.25, -0.2) is 0 Å². The number of aromatic hydroxyl groups is 1. The summed E-state index contributed by atoms with van der Waals surface area (Å²) in [4.78, 5) is 11.4. The first-order chi connectivity index (χ1) is 11.2. The van der Waals surface area contributed by atoms with Crippen LogP contribution in [-0.2, 0) is 21.4 Å². The highest BCUT2D eigenvalue weighted by Crippen LogP contribution is 2.40. The van der Waals surface area contributed by atoms with Gasteiger partial charge in [0.15, 0.2) is 0 Å². The van der Waals surface area contributed by atoms with Crippen LogP contribution in [0.2, 0.25) is 5.02 Å². The summed E-state index contributed by atoms with van der Waals surface area (Å²) < 4.78 is 4.72. The monoisotopic (exact) mass is 346 g/mol. The van der Waals surface area contributed by atoms with Crippen molar-refractivity contribution >= 4 is 17.6 Å². The van der Waals surface area contributed by atoms with E-state index in [0.717, 1.165) is 22.3 Å². The summed E-state index contributed by atoms with van der Waals surface area (Å²) in [7, 11) is 1.39. The SMILES string of the molecule is COC(=O)CCc1cc(-c2cccc(Cl)c2)c(O)c(C(C)(C)C)c1. The van der Waals surface area contributed by atoms with Crippen molar-refractivity contribution in [3.05, 3.63) is 52.5 Å². The molecule has 0 spiro atoms. The third-order valence-electron chi connectivity index (χ3n) is 3.96. The number of hydrogen-bond acceptors (Lipinski definition) is 3. The van der Waals surface area contributed by atoms with E-state index in [-0.39, 0.29) is 17.1 Å². The largest absolute Gasteiger partial charge is 0.507 e. The molecule has 128 valence electrons. The fourth-order valence-electron chi connectivity index (χ4n) is 2.63. The van der Waals surface area contributed by atoms with Crippen LogP contribution in [0.3, 0.4) is 0 Å². The van der Waals surface area contributed by atoms with Crippen LogP contribution in [0.25, 0.3) is 11.1 Å². The molecule has 4 heteroatoms. The number of ether oxygens (including phenoxy) is 1. The van der Waals surface area contributed by atoms with E-state index >= 15 is 0 Å². The van der Waals surface area contributed by atoms with E-state index in [1.54, 1.807) is 6.07 Å². The molecule has 2 aromatic rings. The minimum atomic E-state index is -0.246. The van der Waals surface area contributed by atoms with E-state index < -0.39 is 0 Å². The quantitative estimate of drug-likeness (QED) is 0.782. The second-order valence-electron chi connectivity index (χ2n) is 6.88. The maximum absolute atomic E-state index is 11.4. The average Bonchev–Trinajstić information content (AvgIpc) is 2.52. The Balaban J connectivity index is 2.54. The van der Waals surface area contributed by atoms with Gasteiger partial charge < -0.3 is 9.84 Å². The van der Waals surface area contributed by atoms with E-state index in [1.165, 1.54) is 7.11 Å². The van der Waals surface area contributed by atoms with Gasteiger partial charge in [0.1, 0.15) is 5.75 Å². The maximum Gasteiger partial charge on any atom is 0.305 e. The lowest BCUT2D eigenvalue weighted by atomic mass is 9.82. The second-order valence-corrected chi connectivity index (χ2v) is 7.31. The standard InChI is InChI=1S/C20H23ClO3/c1-20(2,3)17-11-13(8-9-18(22)24-4)10-16(19(17)23)14-6-5-7-15(21)12-14/h5-7,10-12,23H,8-9H2,1-4H3. The smallest absolute Gasteiger partial charge is 0.305 e. The van der Waals surface area contributed by atoms with Gasteiger partial charge in [0.2, 0.25) is 0 Å². The lowest BCUT2D eigenvalue weighted by Gasteiger charge is -2.23. The molecule has 0 amide bonds. The molecule has 0 aliphatic carbocycles. The van der Waals surface area contributed by atoms with Crippen molar-refractivity contribution < 1.29 is 14.6 Å². The third-order valence-corrected chi connectivity index (χ3v) is 4.19. The van der Waals surface area contributed by atoms with Crippen LogP contribution in [0.1, 0.15) is 38.3 Å². The number of benzene rings is 2. The number of halogens is 1. The summed E-state index contributed by atoms with van der Waals surface area (Å²) >= 11 is 6.10. The second kappa shape index (κ2) is 7.27. The number of aryl methyl sites for hydroxylation is 1. The van der Waals surface area contributed by atoms with Gasteiger partial charge in [-0.2, -0.15) is 0 Å². The summed E-state index contributed by atoms with van der Waals surface area (Å²) in [6.07, 6.45) is 0.865. The lowest BCUT2D eigenvalue weighted by Crippen LogP contribution is -2.13. The number of esters is 1. The van der Waals surface area contributed by atoms with Gasteiger partial charge in [0.25, 0.3) is 0 Å². The molecule has 3 nitrogen and oxygen atoms in total. The molecule has 0 heterocycles. The summed E-state index contributed by atoms with van der Waals surface area (Å²) in [5.41, 5.74) is 3.19. The highest BCUT2D eigenvalue weighted by molar-refractivity contribution is 6.30. The molecule has 0 saturated heterocycles. The normalized spacial score (nSPS) is 11.4. The first kappa shape index (κ1) is 18.3. The predicted octanol–water partition coefficient (Wildman–Crippen LogP) is 5.12. The highest BCUT2D eigenvalue weighted by atomic mass is 35.5. The summed E-state index contributed by atoms with van der Waals surface area (Å²) in [6.45, 7) is 6.15. The fourth-order valence-corrected chi connectivity index (χ4v) is 2.83. The van der Waals surface area contributed by atoms with Crippen molar-refractivity contribution in [2.75, 3.05) is 7.11 Å². The highest BCUT2D eigenvalue weighted by Gasteiger charge is 2.22. The molecule has 0 bridgehead atoms. The van der Waals surface area contributed by atoms with Crippen LogP contribution < -0.4 is 0 Å². The Kier molecular flexibility index (Phi) is 5.55. The van der Waals surface area contributed by atoms with E-state index in [1.807, 2.05) is 51.1 Å². The molecule has 0 saturated carbocycles. The fraction of sp³-hybridized carbons (Fsp3) is 0.350. The molecule has 2 rings (SSSR count). The van der Waals surface area contributed by atoms with Gasteiger partial charge >= 0.3 is 5.97 Å². The van der Waals surface area contributed by atoms with Crippen LogP contribution in [0.5, 0.6) is 5.75 Å². The van der Waals surface area contributed by atoms with E-state index in [9.17, 15) is 9.90 Å². The Morgan fingerprint density at radius 3 is 2.50 bits per heavy atom. The summed E-state index contributed by atoms with van der Waals surface area (Å²) in [5, 5.41) is 11.4.